The van der Waals surface area contributed by atoms with E-state index in [0.717, 1.165) is 43.8 Å². The first-order valence-corrected chi connectivity index (χ1v) is 6.81. The SMILES string of the molecule is C[C@H](N)CNCCCCNc1nc(F)sc1Cl. The van der Waals surface area contributed by atoms with Gasteiger partial charge in [-0.1, -0.05) is 22.9 Å². The molecule has 1 aromatic heterocycles. The van der Waals surface area contributed by atoms with E-state index in [2.05, 4.69) is 15.6 Å². The minimum absolute atomic E-state index is 0.185. The molecule has 17 heavy (non-hydrogen) atoms. The first kappa shape index (κ1) is 14.6. The van der Waals surface area contributed by atoms with E-state index in [9.17, 15) is 4.39 Å². The molecule has 1 heterocycles. The highest BCUT2D eigenvalue weighted by Gasteiger charge is 2.07. The fourth-order valence-corrected chi connectivity index (χ4v) is 2.10. The Kier molecular flexibility index (Phi) is 6.72. The highest BCUT2D eigenvalue weighted by molar-refractivity contribution is 7.15. The molecule has 4 N–H and O–H groups in total. The van der Waals surface area contributed by atoms with E-state index in [1.807, 2.05) is 6.92 Å². The van der Waals surface area contributed by atoms with Gasteiger partial charge in [0.15, 0.2) is 5.82 Å². The normalized spacial score (nSPS) is 12.7. The summed E-state index contributed by atoms with van der Waals surface area (Å²) in [5, 5.41) is 5.75. The topological polar surface area (TPSA) is 63.0 Å². The summed E-state index contributed by atoms with van der Waals surface area (Å²) in [7, 11) is 0. The molecular weight excluding hydrogens is 263 g/mol. The Balaban J connectivity index is 2.03. The van der Waals surface area contributed by atoms with Crippen molar-refractivity contribution in [3.63, 3.8) is 0 Å². The maximum Gasteiger partial charge on any atom is 0.272 e. The summed E-state index contributed by atoms with van der Waals surface area (Å²) in [5.74, 6) is 0.442. The fraction of sp³-hybridized carbons (Fsp3) is 0.700. The molecule has 0 amide bonds. The molecule has 1 aromatic rings. The first-order valence-electron chi connectivity index (χ1n) is 5.61. The number of thiazole rings is 1. The van der Waals surface area contributed by atoms with E-state index in [4.69, 9.17) is 17.3 Å². The van der Waals surface area contributed by atoms with Crippen molar-refractivity contribution in [2.24, 2.45) is 5.73 Å². The van der Waals surface area contributed by atoms with Gasteiger partial charge in [-0.05, 0) is 26.3 Å². The Morgan fingerprint density at radius 3 is 2.76 bits per heavy atom. The number of anilines is 1. The number of hydrogen-bond donors (Lipinski definition) is 3. The molecular formula is C10H18ClFN4S. The van der Waals surface area contributed by atoms with E-state index in [0.29, 0.717) is 10.2 Å². The van der Waals surface area contributed by atoms with Crippen LogP contribution in [0.3, 0.4) is 0 Å². The lowest BCUT2D eigenvalue weighted by molar-refractivity contribution is 0.582. The summed E-state index contributed by atoms with van der Waals surface area (Å²) in [6.45, 7) is 4.47. The Labute approximate surface area is 110 Å². The predicted molar refractivity (Wildman–Crippen MR) is 71.3 cm³/mol. The van der Waals surface area contributed by atoms with Gasteiger partial charge in [-0.3, -0.25) is 0 Å². The van der Waals surface area contributed by atoms with Crippen LogP contribution in [0.15, 0.2) is 0 Å². The van der Waals surface area contributed by atoms with Crippen molar-refractivity contribution in [1.29, 1.82) is 0 Å². The molecule has 0 fully saturated rings. The Bertz CT molecular complexity index is 332. The second-order valence-electron chi connectivity index (χ2n) is 3.90. The van der Waals surface area contributed by atoms with Crippen LogP contribution in [0.4, 0.5) is 10.2 Å². The van der Waals surface area contributed by atoms with Gasteiger partial charge in [0.1, 0.15) is 4.34 Å². The quantitative estimate of drug-likeness (QED) is 0.638. The zero-order valence-electron chi connectivity index (χ0n) is 9.80. The predicted octanol–water partition coefficient (Wildman–Crippen LogP) is 2.06. The van der Waals surface area contributed by atoms with Gasteiger partial charge >= 0.3 is 0 Å². The third kappa shape index (κ3) is 6.16. The van der Waals surface area contributed by atoms with Crippen molar-refractivity contribution >= 4 is 28.8 Å². The molecule has 0 aliphatic rings. The minimum Gasteiger partial charge on any atom is -0.368 e. The van der Waals surface area contributed by atoms with Gasteiger partial charge in [0, 0.05) is 19.1 Å². The van der Waals surface area contributed by atoms with Crippen LogP contribution in [-0.4, -0.2) is 30.7 Å². The molecule has 0 saturated carbocycles. The molecule has 0 aliphatic heterocycles. The zero-order valence-corrected chi connectivity index (χ0v) is 11.4. The molecule has 0 radical (unpaired) electrons. The third-order valence-electron chi connectivity index (χ3n) is 2.10. The van der Waals surface area contributed by atoms with Crippen LogP contribution in [0.5, 0.6) is 0 Å². The zero-order chi connectivity index (χ0) is 12.7. The monoisotopic (exact) mass is 280 g/mol. The molecule has 0 unspecified atom stereocenters. The number of rotatable bonds is 8. The van der Waals surface area contributed by atoms with Crippen LogP contribution in [0, 0.1) is 5.26 Å². The minimum atomic E-state index is -0.504. The van der Waals surface area contributed by atoms with Crippen molar-refractivity contribution < 1.29 is 4.39 Å². The van der Waals surface area contributed by atoms with Gasteiger partial charge in [-0.2, -0.15) is 9.37 Å². The second-order valence-corrected chi connectivity index (χ2v) is 5.46. The van der Waals surface area contributed by atoms with Crippen LogP contribution in [-0.2, 0) is 0 Å². The number of nitrogens with one attached hydrogen (secondary N) is 2. The van der Waals surface area contributed by atoms with Crippen LogP contribution in [0.2, 0.25) is 4.34 Å². The molecule has 7 heteroatoms. The van der Waals surface area contributed by atoms with E-state index < -0.39 is 5.26 Å². The average molecular weight is 281 g/mol. The summed E-state index contributed by atoms with van der Waals surface area (Å²) in [6.07, 6.45) is 2.01. The van der Waals surface area contributed by atoms with Crippen molar-refractivity contribution in [3.8, 4) is 0 Å². The maximum absolute atomic E-state index is 12.7. The summed E-state index contributed by atoms with van der Waals surface area (Å²) < 4.78 is 13.1. The molecule has 4 nitrogen and oxygen atoms in total. The maximum atomic E-state index is 12.7. The Morgan fingerprint density at radius 1 is 1.47 bits per heavy atom. The van der Waals surface area contributed by atoms with Crippen molar-refractivity contribution in [3.05, 3.63) is 9.60 Å². The molecule has 98 valence electrons. The second kappa shape index (κ2) is 7.81. The molecule has 0 saturated heterocycles. The number of nitrogens with two attached hydrogens (primary N) is 1. The lowest BCUT2D eigenvalue weighted by Crippen LogP contribution is -2.31. The smallest absolute Gasteiger partial charge is 0.272 e. The van der Waals surface area contributed by atoms with E-state index in [1.165, 1.54) is 0 Å². The largest absolute Gasteiger partial charge is 0.368 e. The van der Waals surface area contributed by atoms with Gasteiger partial charge in [0.2, 0.25) is 0 Å². The number of nitrogens with zero attached hydrogens (tertiary/aromatic N) is 1. The first-order chi connectivity index (χ1) is 8.09. The number of halogens is 2. The Hall–Kier alpha value is -0.430. The van der Waals surface area contributed by atoms with Gasteiger partial charge in [0.25, 0.3) is 5.26 Å². The highest BCUT2D eigenvalue weighted by Crippen LogP contribution is 2.27. The fourth-order valence-electron chi connectivity index (χ4n) is 1.30. The van der Waals surface area contributed by atoms with Gasteiger partial charge in [-0.15, -0.1) is 0 Å². The van der Waals surface area contributed by atoms with Crippen LogP contribution in [0.1, 0.15) is 19.8 Å². The summed E-state index contributed by atoms with van der Waals surface area (Å²) >= 11 is 6.61. The molecule has 0 bridgehead atoms. The van der Waals surface area contributed by atoms with Crippen molar-refractivity contribution in [1.82, 2.24) is 10.3 Å². The van der Waals surface area contributed by atoms with Crippen LogP contribution < -0.4 is 16.4 Å². The third-order valence-corrected chi connectivity index (χ3v) is 3.14. The van der Waals surface area contributed by atoms with Crippen molar-refractivity contribution in [2.75, 3.05) is 25.0 Å². The Morgan fingerprint density at radius 2 is 2.18 bits per heavy atom. The van der Waals surface area contributed by atoms with Crippen LogP contribution in [0.25, 0.3) is 0 Å². The molecule has 0 aliphatic carbocycles. The summed E-state index contributed by atoms with van der Waals surface area (Å²) in [4.78, 5) is 3.64. The van der Waals surface area contributed by atoms with E-state index >= 15 is 0 Å². The highest BCUT2D eigenvalue weighted by atomic mass is 35.5. The van der Waals surface area contributed by atoms with Crippen LogP contribution >= 0.6 is 22.9 Å². The molecule has 1 rings (SSSR count). The molecule has 1 atom stereocenters. The summed E-state index contributed by atoms with van der Waals surface area (Å²) in [6, 6.07) is 0.185. The number of hydrogen-bond acceptors (Lipinski definition) is 5. The summed E-state index contributed by atoms with van der Waals surface area (Å²) in [5.41, 5.74) is 5.60. The molecule has 0 spiro atoms. The standard InChI is InChI=1S/C10H18ClFN4S/c1-7(13)6-14-4-2-3-5-15-9-8(11)17-10(12)16-9/h7,14-15H,2-6,13H2,1H3/t7-/m0/s1. The van der Waals surface area contributed by atoms with Gasteiger partial charge < -0.3 is 16.4 Å². The lowest BCUT2D eigenvalue weighted by Gasteiger charge is -2.07. The molecule has 0 aromatic carbocycles. The lowest BCUT2D eigenvalue weighted by atomic mass is 10.3. The number of unbranched alkanes of at least 4 members (excludes halogenated alkanes) is 1. The van der Waals surface area contributed by atoms with Gasteiger partial charge in [0.05, 0.1) is 0 Å². The van der Waals surface area contributed by atoms with E-state index in [1.54, 1.807) is 0 Å². The van der Waals surface area contributed by atoms with Gasteiger partial charge in [-0.25, -0.2) is 0 Å². The average Bonchev–Trinajstić information content (AvgIpc) is 2.55. The van der Waals surface area contributed by atoms with E-state index in [-0.39, 0.29) is 6.04 Å². The van der Waals surface area contributed by atoms with Crippen molar-refractivity contribution in [2.45, 2.75) is 25.8 Å². The number of aromatic nitrogens is 1.